The molecule has 3 aliphatic rings. The van der Waals surface area contributed by atoms with Gasteiger partial charge < -0.3 is 9.05 Å². The Balaban J connectivity index is 1.67. The first-order chi connectivity index (χ1) is 10.2. The van der Waals surface area contributed by atoms with Gasteiger partial charge in [0.2, 0.25) is 0 Å². The van der Waals surface area contributed by atoms with E-state index in [1.165, 1.54) is 16.9 Å². The summed E-state index contributed by atoms with van der Waals surface area (Å²) in [7, 11) is -3.05. The molecule has 0 aliphatic carbocycles. The van der Waals surface area contributed by atoms with E-state index in [-0.39, 0.29) is 4.32 Å². The number of thioether (sulfide) groups is 6. The average molecular weight is 417 g/mol. The van der Waals surface area contributed by atoms with Gasteiger partial charge in [-0.3, -0.25) is 4.57 Å². The second kappa shape index (κ2) is 7.57. The fourth-order valence-electron chi connectivity index (χ4n) is 1.66. The second-order valence-corrected chi connectivity index (χ2v) is 14.0. The summed E-state index contributed by atoms with van der Waals surface area (Å²) in [4.78, 5) is 0. The Morgan fingerprint density at radius 2 is 1.48 bits per heavy atom. The van der Waals surface area contributed by atoms with Crippen LogP contribution in [0.4, 0.5) is 0 Å². The third-order valence-electron chi connectivity index (χ3n) is 2.40. The molecule has 3 aliphatic heterocycles. The molecule has 116 valence electrons. The Morgan fingerprint density at radius 3 is 1.95 bits per heavy atom. The van der Waals surface area contributed by atoms with E-state index in [4.69, 9.17) is 9.05 Å². The normalized spacial score (nSPS) is 22.8. The van der Waals surface area contributed by atoms with Crippen LogP contribution in [0, 0.1) is 0 Å². The summed E-state index contributed by atoms with van der Waals surface area (Å²) in [5.41, 5.74) is 0. The first kappa shape index (κ1) is 17.3. The van der Waals surface area contributed by atoms with Crippen LogP contribution < -0.4 is 0 Å². The predicted octanol–water partition coefficient (Wildman–Crippen LogP) is 6.70. The van der Waals surface area contributed by atoms with Crippen molar-refractivity contribution in [2.24, 2.45) is 0 Å². The van der Waals surface area contributed by atoms with Crippen LogP contribution in [0.3, 0.4) is 0 Å². The van der Waals surface area contributed by atoms with E-state index in [2.05, 4.69) is 10.8 Å². The van der Waals surface area contributed by atoms with E-state index in [1.54, 1.807) is 70.6 Å². The highest BCUT2D eigenvalue weighted by molar-refractivity contribution is 8.48. The molecule has 0 fully saturated rings. The zero-order valence-electron chi connectivity index (χ0n) is 11.3. The summed E-state index contributed by atoms with van der Waals surface area (Å²) in [6, 6.07) is 0. The molecule has 3 nitrogen and oxygen atoms in total. The minimum absolute atomic E-state index is 0.170. The van der Waals surface area contributed by atoms with Crippen molar-refractivity contribution in [2.75, 3.05) is 13.2 Å². The maximum Gasteiger partial charge on any atom is 0.354 e. The highest BCUT2D eigenvalue weighted by atomic mass is 32.3. The van der Waals surface area contributed by atoms with Crippen LogP contribution in [0.25, 0.3) is 0 Å². The van der Waals surface area contributed by atoms with Crippen molar-refractivity contribution >= 4 is 78.2 Å². The molecule has 0 aromatic carbocycles. The van der Waals surface area contributed by atoms with E-state index in [0.717, 1.165) is 0 Å². The second-order valence-electron chi connectivity index (χ2n) is 3.78. The van der Waals surface area contributed by atoms with Crippen molar-refractivity contribution in [1.29, 1.82) is 0 Å². The molecule has 3 rings (SSSR count). The van der Waals surface area contributed by atoms with E-state index < -0.39 is 7.60 Å². The standard InChI is InChI=1S/C11H13O3PS6/c1-3-13-15(12,14-4-2)11-20-9-10(21-11)19-8(18-9)7-16-5-6-17-7/h5-6,11H,3-4H2,1-2H3. The van der Waals surface area contributed by atoms with Crippen molar-refractivity contribution < 1.29 is 13.6 Å². The molecule has 0 N–H and O–H groups in total. The first-order valence-corrected chi connectivity index (χ1v) is 13.0. The largest absolute Gasteiger partial charge is 0.354 e. The van der Waals surface area contributed by atoms with Gasteiger partial charge in [0, 0.05) is 0 Å². The Hall–Kier alpha value is 1.47. The van der Waals surface area contributed by atoms with Gasteiger partial charge in [-0.25, -0.2) is 0 Å². The van der Waals surface area contributed by atoms with Crippen LogP contribution in [0.5, 0.6) is 0 Å². The molecule has 0 amide bonds. The maximum atomic E-state index is 12.8. The summed E-state index contributed by atoms with van der Waals surface area (Å²) in [5.74, 6) is 0. The number of rotatable bonds is 5. The van der Waals surface area contributed by atoms with Crippen LogP contribution in [0.2, 0.25) is 0 Å². The van der Waals surface area contributed by atoms with Crippen molar-refractivity contribution in [1.82, 2.24) is 0 Å². The smallest absolute Gasteiger partial charge is 0.307 e. The molecule has 0 unspecified atom stereocenters. The minimum Gasteiger partial charge on any atom is -0.307 e. The van der Waals surface area contributed by atoms with Crippen LogP contribution in [0.1, 0.15) is 13.8 Å². The average Bonchev–Trinajstić information content (AvgIpc) is 3.14. The lowest BCUT2D eigenvalue weighted by atomic mass is 10.9. The van der Waals surface area contributed by atoms with Crippen molar-refractivity contribution in [3.8, 4) is 0 Å². The molecule has 10 heteroatoms. The molecule has 0 saturated heterocycles. The molecule has 0 radical (unpaired) electrons. The molecule has 3 heterocycles. The molecule has 0 aromatic heterocycles. The lowest BCUT2D eigenvalue weighted by Gasteiger charge is -2.22. The molecule has 0 saturated carbocycles. The van der Waals surface area contributed by atoms with Crippen molar-refractivity contribution in [2.45, 2.75) is 18.2 Å². The van der Waals surface area contributed by atoms with Gasteiger partial charge in [-0.05, 0) is 24.7 Å². The zero-order chi connectivity index (χ0) is 14.9. The topological polar surface area (TPSA) is 35.5 Å². The van der Waals surface area contributed by atoms with Crippen LogP contribution in [0.15, 0.2) is 27.8 Å². The Kier molecular flexibility index (Phi) is 6.24. The van der Waals surface area contributed by atoms with Crippen molar-refractivity contribution in [3.05, 3.63) is 27.8 Å². The van der Waals surface area contributed by atoms with Gasteiger partial charge in [0.05, 0.1) is 30.2 Å². The van der Waals surface area contributed by atoms with E-state index >= 15 is 0 Å². The molecule has 0 aromatic rings. The van der Waals surface area contributed by atoms with Gasteiger partial charge in [0.1, 0.15) is 0 Å². The summed E-state index contributed by atoms with van der Waals surface area (Å²) in [5, 5.41) is 4.22. The van der Waals surface area contributed by atoms with Gasteiger partial charge in [0.25, 0.3) is 0 Å². The molecule has 0 spiro atoms. The Labute approximate surface area is 150 Å². The quantitative estimate of drug-likeness (QED) is 0.455. The maximum absolute atomic E-state index is 12.8. The van der Waals surface area contributed by atoms with Crippen LogP contribution in [-0.2, 0) is 13.6 Å². The molecule has 0 bridgehead atoms. The van der Waals surface area contributed by atoms with E-state index in [9.17, 15) is 4.57 Å². The molecule has 21 heavy (non-hydrogen) atoms. The monoisotopic (exact) mass is 416 g/mol. The van der Waals surface area contributed by atoms with Crippen LogP contribution >= 0.6 is 78.2 Å². The van der Waals surface area contributed by atoms with Gasteiger partial charge in [0.15, 0.2) is 4.32 Å². The summed E-state index contributed by atoms with van der Waals surface area (Å²) in [6.07, 6.45) is 0. The SMILES string of the molecule is CCOP(=O)(OCC)C1SC2=C(SC(=C3SC=CS3)S2)S1. The summed E-state index contributed by atoms with van der Waals surface area (Å²) in [6.45, 7) is 4.53. The van der Waals surface area contributed by atoms with Gasteiger partial charge in [-0.2, -0.15) is 0 Å². The molecular formula is C11H13O3PS6. The first-order valence-electron chi connectivity index (χ1n) is 6.21. The minimum atomic E-state index is -3.05. The summed E-state index contributed by atoms with van der Waals surface area (Å²) >= 11 is 10.4. The number of hydrogen-bond acceptors (Lipinski definition) is 9. The highest BCUT2D eigenvalue weighted by Gasteiger charge is 2.45. The molecular weight excluding hydrogens is 403 g/mol. The van der Waals surface area contributed by atoms with Crippen LogP contribution in [-0.4, -0.2) is 17.5 Å². The predicted molar refractivity (Wildman–Crippen MR) is 103 cm³/mol. The Bertz CT molecular complexity index is 532. The fraction of sp³-hybridized carbons (Fsp3) is 0.455. The van der Waals surface area contributed by atoms with E-state index in [1.807, 2.05) is 13.8 Å². The van der Waals surface area contributed by atoms with E-state index in [0.29, 0.717) is 13.2 Å². The lowest BCUT2D eigenvalue weighted by molar-refractivity contribution is 0.223. The summed E-state index contributed by atoms with van der Waals surface area (Å²) < 4.78 is 28.7. The zero-order valence-corrected chi connectivity index (χ0v) is 17.1. The highest BCUT2D eigenvalue weighted by Crippen LogP contribution is 2.75. The van der Waals surface area contributed by atoms with Gasteiger partial charge in [-0.15, -0.1) is 0 Å². The van der Waals surface area contributed by atoms with Gasteiger partial charge >= 0.3 is 7.60 Å². The van der Waals surface area contributed by atoms with Crippen molar-refractivity contribution in [3.63, 3.8) is 0 Å². The molecule has 0 atom stereocenters. The third kappa shape index (κ3) is 3.77. The lowest BCUT2D eigenvalue weighted by Crippen LogP contribution is -2.04. The van der Waals surface area contributed by atoms with Gasteiger partial charge in [-0.1, -0.05) is 70.6 Å². The Morgan fingerprint density at radius 1 is 0.952 bits per heavy atom. The third-order valence-corrected chi connectivity index (χ3v) is 14.5. The number of hydrogen-bond donors (Lipinski definition) is 0. The fourth-order valence-corrected chi connectivity index (χ4v) is 13.9.